The highest BCUT2D eigenvalue weighted by Gasteiger charge is 2.22. The van der Waals surface area contributed by atoms with Crippen molar-refractivity contribution in [3.05, 3.63) is 5.01 Å². The number of carbonyl (C=O) groups excluding carboxylic acids is 1. The Bertz CT molecular complexity index is 430. The number of amides is 2. The number of aryl methyl sites for hydroxylation is 1. The van der Waals surface area contributed by atoms with Crippen LogP contribution in [0.1, 0.15) is 44.0 Å². The molecule has 1 aliphatic carbocycles. The molecule has 0 atom stereocenters. The van der Waals surface area contributed by atoms with E-state index in [1.165, 1.54) is 11.3 Å². The van der Waals surface area contributed by atoms with E-state index >= 15 is 0 Å². The molecule has 2 amide bonds. The number of anilines is 1. The van der Waals surface area contributed by atoms with Crippen molar-refractivity contribution in [1.29, 1.82) is 0 Å². The molecule has 0 aliphatic heterocycles. The van der Waals surface area contributed by atoms with Crippen LogP contribution in [0.25, 0.3) is 0 Å². The van der Waals surface area contributed by atoms with Crippen LogP contribution in [0.15, 0.2) is 0 Å². The summed E-state index contributed by atoms with van der Waals surface area (Å²) in [7, 11) is 0. The maximum absolute atomic E-state index is 11.9. The van der Waals surface area contributed by atoms with Crippen molar-refractivity contribution in [3.63, 3.8) is 0 Å². The summed E-state index contributed by atoms with van der Waals surface area (Å²) < 4.78 is 0. The fraction of sp³-hybridized carbons (Fsp3) is 0.769. The standard InChI is InChI=1S/C13H22N4O2S/c1-2-3-11-16-17-13(20-11)15-12(19)14-10-6-4-9(8-18)5-7-10/h9-10,18H,2-8H2,1H3,(H2,14,15,17,19). The summed E-state index contributed by atoms with van der Waals surface area (Å²) in [6.45, 7) is 2.34. The summed E-state index contributed by atoms with van der Waals surface area (Å²) >= 11 is 1.42. The van der Waals surface area contributed by atoms with Crippen LogP contribution in [0.4, 0.5) is 9.93 Å². The molecule has 20 heavy (non-hydrogen) atoms. The second kappa shape index (κ2) is 7.54. The van der Waals surface area contributed by atoms with Gasteiger partial charge in [0.15, 0.2) is 0 Å². The molecule has 0 spiro atoms. The highest BCUT2D eigenvalue weighted by molar-refractivity contribution is 7.15. The second-order valence-electron chi connectivity index (χ2n) is 5.25. The minimum absolute atomic E-state index is 0.195. The largest absolute Gasteiger partial charge is 0.396 e. The van der Waals surface area contributed by atoms with Crippen LogP contribution in [0, 0.1) is 5.92 Å². The Hall–Kier alpha value is -1.21. The number of aliphatic hydroxyl groups is 1. The molecule has 1 aliphatic rings. The van der Waals surface area contributed by atoms with Gasteiger partial charge in [-0.1, -0.05) is 18.3 Å². The lowest BCUT2D eigenvalue weighted by molar-refractivity contribution is 0.176. The van der Waals surface area contributed by atoms with Crippen molar-refractivity contribution in [2.75, 3.05) is 11.9 Å². The average Bonchev–Trinajstić information content (AvgIpc) is 2.87. The molecule has 7 heteroatoms. The highest BCUT2D eigenvalue weighted by Crippen LogP contribution is 2.24. The van der Waals surface area contributed by atoms with Crippen LogP contribution >= 0.6 is 11.3 Å². The topological polar surface area (TPSA) is 87.1 Å². The Morgan fingerprint density at radius 2 is 2.10 bits per heavy atom. The number of aliphatic hydroxyl groups excluding tert-OH is 1. The Morgan fingerprint density at radius 3 is 2.75 bits per heavy atom. The number of nitrogens with zero attached hydrogens (tertiary/aromatic N) is 2. The fourth-order valence-electron chi connectivity index (χ4n) is 2.43. The van der Waals surface area contributed by atoms with Crippen molar-refractivity contribution < 1.29 is 9.90 Å². The third-order valence-corrected chi connectivity index (χ3v) is 4.49. The number of rotatable bonds is 5. The molecule has 1 aromatic heterocycles. The Kier molecular flexibility index (Phi) is 5.72. The Balaban J connectivity index is 1.74. The number of nitrogens with one attached hydrogen (secondary N) is 2. The zero-order valence-electron chi connectivity index (χ0n) is 11.8. The van der Waals surface area contributed by atoms with Gasteiger partial charge in [0, 0.05) is 19.1 Å². The van der Waals surface area contributed by atoms with E-state index in [2.05, 4.69) is 27.8 Å². The SMILES string of the molecule is CCCc1nnc(NC(=O)NC2CCC(CO)CC2)s1. The van der Waals surface area contributed by atoms with Crippen molar-refractivity contribution in [2.24, 2.45) is 5.92 Å². The van der Waals surface area contributed by atoms with Crippen molar-refractivity contribution in [1.82, 2.24) is 15.5 Å². The van der Waals surface area contributed by atoms with Crippen molar-refractivity contribution >= 4 is 22.5 Å². The predicted molar refractivity (Wildman–Crippen MR) is 78.9 cm³/mol. The van der Waals surface area contributed by atoms with E-state index in [-0.39, 0.29) is 18.7 Å². The van der Waals surface area contributed by atoms with Gasteiger partial charge in [-0.15, -0.1) is 10.2 Å². The number of carbonyl (C=O) groups is 1. The summed E-state index contributed by atoms with van der Waals surface area (Å²) in [5.74, 6) is 0.399. The quantitative estimate of drug-likeness (QED) is 0.777. The molecule has 1 aromatic rings. The fourth-order valence-corrected chi connectivity index (χ4v) is 3.26. The van der Waals surface area contributed by atoms with Gasteiger partial charge in [-0.25, -0.2) is 4.79 Å². The smallest absolute Gasteiger partial charge is 0.321 e. The summed E-state index contributed by atoms with van der Waals surface area (Å²) in [5.41, 5.74) is 0. The van der Waals surface area contributed by atoms with Gasteiger partial charge in [-0.3, -0.25) is 5.32 Å². The van der Waals surface area contributed by atoms with Gasteiger partial charge >= 0.3 is 6.03 Å². The molecular weight excluding hydrogens is 276 g/mol. The van der Waals surface area contributed by atoms with Crippen LogP contribution in [-0.2, 0) is 6.42 Å². The molecule has 0 saturated heterocycles. The number of hydrogen-bond acceptors (Lipinski definition) is 5. The average molecular weight is 298 g/mol. The van der Waals surface area contributed by atoms with Crippen LogP contribution in [0.3, 0.4) is 0 Å². The molecule has 0 unspecified atom stereocenters. The molecule has 0 bridgehead atoms. The molecule has 1 saturated carbocycles. The minimum Gasteiger partial charge on any atom is -0.396 e. The number of urea groups is 1. The number of aromatic nitrogens is 2. The maximum atomic E-state index is 11.9. The van der Waals surface area contributed by atoms with E-state index in [1.54, 1.807) is 0 Å². The zero-order chi connectivity index (χ0) is 14.4. The number of hydrogen-bond donors (Lipinski definition) is 3. The molecule has 6 nitrogen and oxygen atoms in total. The lowest BCUT2D eigenvalue weighted by Gasteiger charge is -2.27. The molecular formula is C13H22N4O2S. The Morgan fingerprint density at radius 1 is 1.35 bits per heavy atom. The molecule has 1 heterocycles. The monoisotopic (exact) mass is 298 g/mol. The Labute approximate surface area is 123 Å². The first-order valence-electron chi connectivity index (χ1n) is 7.22. The third-order valence-electron chi connectivity index (χ3n) is 3.59. The van der Waals surface area contributed by atoms with Crippen LogP contribution in [0.2, 0.25) is 0 Å². The second-order valence-corrected chi connectivity index (χ2v) is 6.31. The molecule has 2 rings (SSSR count). The molecule has 112 valence electrons. The van der Waals surface area contributed by atoms with Crippen LogP contribution < -0.4 is 10.6 Å². The lowest BCUT2D eigenvalue weighted by Crippen LogP contribution is -2.40. The van der Waals surface area contributed by atoms with Gasteiger partial charge in [0.05, 0.1) is 0 Å². The normalized spacial score (nSPS) is 22.5. The molecule has 0 aromatic carbocycles. The van der Waals surface area contributed by atoms with Gasteiger partial charge in [-0.05, 0) is 38.0 Å². The van der Waals surface area contributed by atoms with Crippen molar-refractivity contribution in [2.45, 2.75) is 51.5 Å². The molecule has 1 fully saturated rings. The van der Waals surface area contributed by atoms with E-state index in [4.69, 9.17) is 5.11 Å². The summed E-state index contributed by atoms with van der Waals surface area (Å²) in [6.07, 6.45) is 5.72. The van der Waals surface area contributed by atoms with Gasteiger partial charge < -0.3 is 10.4 Å². The van der Waals surface area contributed by atoms with E-state index in [9.17, 15) is 4.79 Å². The van der Waals surface area contributed by atoms with E-state index < -0.39 is 0 Å². The van der Waals surface area contributed by atoms with Gasteiger partial charge in [-0.2, -0.15) is 0 Å². The van der Waals surface area contributed by atoms with Gasteiger partial charge in [0.25, 0.3) is 0 Å². The van der Waals surface area contributed by atoms with E-state index in [0.717, 1.165) is 43.5 Å². The summed E-state index contributed by atoms with van der Waals surface area (Å²) in [6, 6.07) is -0.0162. The van der Waals surface area contributed by atoms with Crippen LogP contribution in [0.5, 0.6) is 0 Å². The first kappa shape index (κ1) is 15.2. The first-order valence-corrected chi connectivity index (χ1v) is 8.03. The summed E-state index contributed by atoms with van der Waals surface area (Å²) in [4.78, 5) is 11.9. The van der Waals surface area contributed by atoms with Gasteiger partial charge in [0.1, 0.15) is 5.01 Å². The third kappa shape index (κ3) is 4.42. The first-order chi connectivity index (χ1) is 9.71. The van der Waals surface area contributed by atoms with Crippen LogP contribution in [-0.4, -0.2) is 34.0 Å². The van der Waals surface area contributed by atoms with E-state index in [1.807, 2.05) is 0 Å². The van der Waals surface area contributed by atoms with Gasteiger partial charge in [0.2, 0.25) is 5.13 Å². The minimum atomic E-state index is -0.211. The molecule has 0 radical (unpaired) electrons. The predicted octanol–water partition coefficient (Wildman–Crippen LogP) is 2.16. The summed E-state index contributed by atoms with van der Waals surface area (Å²) in [5, 5.41) is 24.3. The van der Waals surface area contributed by atoms with E-state index in [0.29, 0.717) is 11.0 Å². The zero-order valence-corrected chi connectivity index (χ0v) is 12.6. The molecule has 3 N–H and O–H groups in total. The maximum Gasteiger partial charge on any atom is 0.321 e. The lowest BCUT2D eigenvalue weighted by atomic mass is 9.87. The van der Waals surface area contributed by atoms with Crippen molar-refractivity contribution in [3.8, 4) is 0 Å². The highest BCUT2D eigenvalue weighted by atomic mass is 32.1.